The highest BCUT2D eigenvalue weighted by Crippen LogP contribution is 2.30. The normalized spacial score (nSPS) is 10.7. The molecule has 2 aromatic carbocycles. The number of hydrogen-bond acceptors (Lipinski definition) is 7. The van der Waals surface area contributed by atoms with E-state index in [2.05, 4.69) is 9.88 Å². The fourth-order valence-corrected chi connectivity index (χ4v) is 3.46. The average Bonchev–Trinajstić information content (AvgIpc) is 3.06. The van der Waals surface area contributed by atoms with Crippen molar-refractivity contribution in [3.63, 3.8) is 0 Å². The molecule has 0 saturated heterocycles. The third-order valence-corrected chi connectivity index (χ3v) is 5.20. The van der Waals surface area contributed by atoms with Crippen LogP contribution in [-0.4, -0.2) is 13.6 Å². The average molecular weight is 415 g/mol. The number of halogens is 1. The van der Waals surface area contributed by atoms with Crippen LogP contribution in [0.5, 0.6) is 11.5 Å². The van der Waals surface area contributed by atoms with Gasteiger partial charge in [0.05, 0.1) is 21.0 Å². The Labute approximate surface area is 165 Å². The molecule has 0 aliphatic rings. The first-order valence-electron chi connectivity index (χ1n) is 7.70. The molecular formula is C18H11ClN4O4S. The fourth-order valence-electron chi connectivity index (χ4n) is 2.24. The van der Waals surface area contributed by atoms with Crippen molar-refractivity contribution >= 4 is 27.4 Å². The lowest BCUT2D eigenvalue weighted by Gasteiger charge is -2.10. The molecule has 0 amide bonds. The van der Waals surface area contributed by atoms with Gasteiger partial charge in [0.25, 0.3) is 10.0 Å². The Morgan fingerprint density at radius 1 is 1.11 bits per heavy atom. The van der Waals surface area contributed by atoms with Crippen LogP contribution in [0.4, 0.5) is 5.82 Å². The molecular weight excluding hydrogens is 404 g/mol. The summed E-state index contributed by atoms with van der Waals surface area (Å²) in [6.07, 6.45) is 0. The summed E-state index contributed by atoms with van der Waals surface area (Å²) in [5.41, 5.74) is 0.282. The maximum Gasteiger partial charge on any atom is 0.263 e. The lowest BCUT2D eigenvalue weighted by Crippen LogP contribution is -2.13. The Balaban J connectivity index is 1.89. The van der Waals surface area contributed by atoms with E-state index in [0.717, 1.165) is 0 Å². The molecule has 140 valence electrons. The molecule has 0 aliphatic carbocycles. The van der Waals surface area contributed by atoms with E-state index in [1.807, 2.05) is 12.1 Å². The Hall–Kier alpha value is -3.53. The van der Waals surface area contributed by atoms with Gasteiger partial charge in [0.15, 0.2) is 5.82 Å². The number of ether oxygens (including phenoxy) is 1. The lowest BCUT2D eigenvalue weighted by atomic mass is 10.2. The van der Waals surface area contributed by atoms with Crippen LogP contribution in [0.2, 0.25) is 5.02 Å². The molecule has 3 rings (SSSR count). The van der Waals surface area contributed by atoms with E-state index in [-0.39, 0.29) is 32.6 Å². The van der Waals surface area contributed by atoms with Crippen LogP contribution < -0.4 is 9.46 Å². The van der Waals surface area contributed by atoms with E-state index < -0.39 is 10.0 Å². The number of nitriles is 2. The minimum atomic E-state index is -3.97. The van der Waals surface area contributed by atoms with Crippen molar-refractivity contribution in [3.8, 4) is 23.6 Å². The molecule has 0 fully saturated rings. The lowest BCUT2D eigenvalue weighted by molar-refractivity contribution is 0.400. The summed E-state index contributed by atoms with van der Waals surface area (Å²) in [7, 11) is -3.97. The van der Waals surface area contributed by atoms with Crippen LogP contribution in [-0.2, 0) is 10.0 Å². The first kappa shape index (κ1) is 19.2. The number of nitrogens with one attached hydrogen (secondary N) is 1. The fraction of sp³-hybridized carbons (Fsp3) is 0.0556. The predicted octanol–water partition coefficient (Wildman–Crippen LogP) is 3.97. The largest absolute Gasteiger partial charge is 0.456 e. The van der Waals surface area contributed by atoms with Crippen molar-refractivity contribution in [2.75, 3.05) is 4.72 Å². The van der Waals surface area contributed by atoms with Crippen molar-refractivity contribution in [2.24, 2.45) is 0 Å². The molecule has 0 radical (unpaired) electrons. The molecule has 0 saturated carbocycles. The van der Waals surface area contributed by atoms with E-state index in [0.29, 0.717) is 11.5 Å². The van der Waals surface area contributed by atoms with Gasteiger partial charge in [-0.1, -0.05) is 16.8 Å². The van der Waals surface area contributed by atoms with Gasteiger partial charge < -0.3 is 9.26 Å². The molecule has 28 heavy (non-hydrogen) atoms. The second-order valence-electron chi connectivity index (χ2n) is 5.55. The highest BCUT2D eigenvalue weighted by atomic mass is 35.5. The highest BCUT2D eigenvalue weighted by Gasteiger charge is 2.19. The predicted molar refractivity (Wildman–Crippen MR) is 99.4 cm³/mol. The molecule has 1 N–H and O–H groups in total. The number of hydrogen-bond donors (Lipinski definition) is 1. The van der Waals surface area contributed by atoms with Crippen LogP contribution in [0.3, 0.4) is 0 Å². The van der Waals surface area contributed by atoms with Gasteiger partial charge >= 0.3 is 0 Å². The summed E-state index contributed by atoms with van der Waals surface area (Å²) in [5.74, 6) is 0.913. The molecule has 0 aliphatic heterocycles. The number of rotatable bonds is 5. The van der Waals surface area contributed by atoms with Crippen molar-refractivity contribution in [1.82, 2.24) is 5.16 Å². The number of aromatic nitrogens is 1. The zero-order valence-electron chi connectivity index (χ0n) is 14.3. The third kappa shape index (κ3) is 4.07. The SMILES string of the molecule is Cc1cc(NS(=O)(=O)c2ccc(Oc3ccc(C#N)c(Cl)c3)c(C#N)c2)no1. The summed E-state index contributed by atoms with van der Waals surface area (Å²) in [4.78, 5) is -0.144. The maximum atomic E-state index is 12.5. The van der Waals surface area contributed by atoms with Crippen LogP contribution in [0.15, 0.2) is 51.9 Å². The number of anilines is 1. The molecule has 3 aromatic rings. The monoisotopic (exact) mass is 414 g/mol. The standard InChI is InChI=1S/C18H11ClN4O4S/c1-11-6-18(22-27-11)23-28(24,25)15-4-5-17(13(7-15)10-21)26-14-3-2-12(9-20)16(19)8-14/h2-8H,1H3,(H,22,23). The van der Waals surface area contributed by atoms with E-state index in [4.69, 9.17) is 26.1 Å². The molecule has 1 aromatic heterocycles. The molecule has 0 unspecified atom stereocenters. The van der Waals surface area contributed by atoms with Gasteiger partial charge in [-0.15, -0.1) is 0 Å². The smallest absolute Gasteiger partial charge is 0.263 e. The molecule has 1 heterocycles. The minimum absolute atomic E-state index is 0.000287. The first-order valence-corrected chi connectivity index (χ1v) is 9.56. The van der Waals surface area contributed by atoms with Gasteiger partial charge in [-0.05, 0) is 37.3 Å². The zero-order valence-corrected chi connectivity index (χ0v) is 15.9. The van der Waals surface area contributed by atoms with Gasteiger partial charge in [-0.25, -0.2) is 8.42 Å². The van der Waals surface area contributed by atoms with E-state index in [1.165, 1.54) is 42.5 Å². The van der Waals surface area contributed by atoms with Crippen molar-refractivity contribution < 1.29 is 17.7 Å². The third-order valence-electron chi connectivity index (χ3n) is 3.54. The van der Waals surface area contributed by atoms with Gasteiger partial charge in [0.2, 0.25) is 0 Å². The Bertz CT molecular complexity index is 1240. The molecule has 10 heteroatoms. The van der Waals surface area contributed by atoms with Gasteiger partial charge in [0, 0.05) is 12.1 Å². The number of nitrogens with zero attached hydrogens (tertiary/aromatic N) is 3. The zero-order chi connectivity index (χ0) is 20.3. The van der Waals surface area contributed by atoms with Crippen molar-refractivity contribution in [1.29, 1.82) is 10.5 Å². The quantitative estimate of drug-likeness (QED) is 0.668. The molecule has 8 nitrogen and oxygen atoms in total. The van der Waals surface area contributed by atoms with Gasteiger partial charge in [-0.3, -0.25) is 4.72 Å². The number of sulfonamides is 1. The Morgan fingerprint density at radius 3 is 2.46 bits per heavy atom. The second-order valence-corrected chi connectivity index (χ2v) is 7.64. The second kappa shape index (κ2) is 7.61. The molecule has 0 bridgehead atoms. The Kier molecular flexibility index (Phi) is 5.23. The first-order chi connectivity index (χ1) is 13.3. The van der Waals surface area contributed by atoms with Crippen LogP contribution in [0, 0.1) is 29.6 Å². The molecule has 0 atom stereocenters. The van der Waals surface area contributed by atoms with E-state index >= 15 is 0 Å². The van der Waals surface area contributed by atoms with Crippen molar-refractivity contribution in [2.45, 2.75) is 11.8 Å². The van der Waals surface area contributed by atoms with E-state index in [9.17, 15) is 13.7 Å². The van der Waals surface area contributed by atoms with Gasteiger partial charge in [-0.2, -0.15) is 10.5 Å². The van der Waals surface area contributed by atoms with Crippen LogP contribution in [0.1, 0.15) is 16.9 Å². The Morgan fingerprint density at radius 2 is 1.86 bits per heavy atom. The van der Waals surface area contributed by atoms with E-state index in [1.54, 1.807) is 6.92 Å². The number of aryl methyl sites for hydroxylation is 1. The maximum absolute atomic E-state index is 12.5. The summed E-state index contributed by atoms with van der Waals surface area (Å²) < 4.78 is 37.6. The minimum Gasteiger partial charge on any atom is -0.456 e. The molecule has 0 spiro atoms. The highest BCUT2D eigenvalue weighted by molar-refractivity contribution is 7.92. The van der Waals surface area contributed by atoms with Crippen LogP contribution in [0.25, 0.3) is 0 Å². The van der Waals surface area contributed by atoms with Crippen LogP contribution >= 0.6 is 11.6 Å². The summed E-state index contributed by atoms with van der Waals surface area (Å²) in [5, 5.41) is 22.1. The van der Waals surface area contributed by atoms with Gasteiger partial charge in [0.1, 0.15) is 29.4 Å². The van der Waals surface area contributed by atoms with Crippen molar-refractivity contribution in [3.05, 3.63) is 64.4 Å². The topological polar surface area (TPSA) is 129 Å². The summed E-state index contributed by atoms with van der Waals surface area (Å²) in [6, 6.07) is 13.5. The summed E-state index contributed by atoms with van der Waals surface area (Å²) >= 11 is 5.96. The summed E-state index contributed by atoms with van der Waals surface area (Å²) in [6.45, 7) is 1.63. The number of benzene rings is 2.